The number of carbonyl (C=O) groups excluding carboxylic acids is 1. The third-order valence-electron chi connectivity index (χ3n) is 3.81. The van der Waals surface area contributed by atoms with Gasteiger partial charge >= 0.3 is 5.97 Å². The maximum atomic E-state index is 11.1. The lowest BCUT2D eigenvalue weighted by molar-refractivity contribution is -0.131. The van der Waals surface area contributed by atoms with Crippen LogP contribution in [0.25, 0.3) is 11.6 Å². The van der Waals surface area contributed by atoms with Gasteiger partial charge in [0.2, 0.25) is 0 Å². The van der Waals surface area contributed by atoms with Crippen LogP contribution < -0.4 is 9.47 Å². The lowest BCUT2D eigenvalue weighted by atomic mass is 9.88. The Hall–Kier alpha value is -2.55. The molecule has 0 N–H and O–H groups in total. The lowest BCUT2D eigenvalue weighted by Crippen LogP contribution is -2.02. The fourth-order valence-corrected chi connectivity index (χ4v) is 2.75. The van der Waals surface area contributed by atoms with E-state index in [0.29, 0.717) is 5.75 Å². The Kier molecular flexibility index (Phi) is 3.96. The van der Waals surface area contributed by atoms with Crippen LogP contribution in [-0.4, -0.2) is 13.1 Å². The van der Waals surface area contributed by atoms with Gasteiger partial charge in [0.15, 0.2) is 0 Å². The molecule has 0 aliphatic heterocycles. The minimum atomic E-state index is -0.299. The molecule has 0 saturated heterocycles. The molecular weight excluding hydrogens is 276 g/mol. The van der Waals surface area contributed by atoms with E-state index in [9.17, 15) is 4.79 Å². The molecule has 112 valence electrons. The number of methoxy groups -OCH3 is 1. The second-order valence-corrected chi connectivity index (χ2v) is 5.36. The van der Waals surface area contributed by atoms with Crippen LogP contribution in [0.1, 0.15) is 30.0 Å². The number of hydrogen-bond donors (Lipinski definition) is 0. The summed E-state index contributed by atoms with van der Waals surface area (Å²) in [6, 6.07) is 13.8. The molecule has 1 aliphatic rings. The van der Waals surface area contributed by atoms with Gasteiger partial charge in [-0.15, -0.1) is 0 Å². The largest absolute Gasteiger partial charge is 0.497 e. The van der Waals surface area contributed by atoms with E-state index in [-0.39, 0.29) is 5.97 Å². The summed E-state index contributed by atoms with van der Waals surface area (Å²) >= 11 is 0. The van der Waals surface area contributed by atoms with Gasteiger partial charge in [-0.05, 0) is 59.4 Å². The summed E-state index contributed by atoms with van der Waals surface area (Å²) in [6.45, 7) is 1.41. The van der Waals surface area contributed by atoms with Gasteiger partial charge in [-0.2, -0.15) is 0 Å². The highest BCUT2D eigenvalue weighted by Gasteiger charge is 2.13. The number of ether oxygens (including phenoxy) is 2. The predicted octanol–water partition coefficient (Wildman–Crippen LogP) is 4.11. The number of benzene rings is 2. The smallest absolute Gasteiger partial charge is 0.308 e. The van der Waals surface area contributed by atoms with Crippen molar-refractivity contribution in [2.75, 3.05) is 7.11 Å². The van der Waals surface area contributed by atoms with Crippen molar-refractivity contribution < 1.29 is 14.3 Å². The molecule has 2 aromatic carbocycles. The van der Waals surface area contributed by atoms with E-state index in [0.717, 1.165) is 24.2 Å². The van der Waals surface area contributed by atoms with Gasteiger partial charge in [-0.1, -0.05) is 24.3 Å². The molecule has 3 rings (SSSR count). The van der Waals surface area contributed by atoms with Gasteiger partial charge in [-0.3, -0.25) is 4.79 Å². The van der Waals surface area contributed by atoms with Crippen LogP contribution in [0.5, 0.6) is 11.5 Å². The van der Waals surface area contributed by atoms with E-state index in [1.807, 2.05) is 24.3 Å². The fourth-order valence-electron chi connectivity index (χ4n) is 2.75. The van der Waals surface area contributed by atoms with Crippen molar-refractivity contribution in [2.24, 2.45) is 0 Å². The van der Waals surface area contributed by atoms with Crippen LogP contribution in [0.15, 0.2) is 42.5 Å². The summed E-state index contributed by atoms with van der Waals surface area (Å²) in [5, 5.41) is 0. The number of fused-ring (bicyclic) bond motifs is 1. The second-order valence-electron chi connectivity index (χ2n) is 5.36. The van der Waals surface area contributed by atoms with Gasteiger partial charge in [-0.25, -0.2) is 0 Å². The third-order valence-corrected chi connectivity index (χ3v) is 3.81. The Labute approximate surface area is 130 Å². The first-order valence-electron chi connectivity index (χ1n) is 7.32. The van der Waals surface area contributed by atoms with Crippen LogP contribution in [-0.2, 0) is 11.2 Å². The molecule has 0 saturated carbocycles. The highest BCUT2D eigenvalue weighted by Crippen LogP contribution is 2.33. The number of allylic oxidation sites excluding steroid dienone is 1. The average Bonchev–Trinajstić information content (AvgIpc) is 2.53. The van der Waals surface area contributed by atoms with Gasteiger partial charge in [0.25, 0.3) is 0 Å². The summed E-state index contributed by atoms with van der Waals surface area (Å²) in [5.41, 5.74) is 4.88. The number of rotatable bonds is 3. The van der Waals surface area contributed by atoms with E-state index in [2.05, 4.69) is 18.2 Å². The van der Waals surface area contributed by atoms with E-state index >= 15 is 0 Å². The van der Waals surface area contributed by atoms with E-state index in [4.69, 9.17) is 9.47 Å². The molecule has 0 unspecified atom stereocenters. The van der Waals surface area contributed by atoms with Crippen molar-refractivity contribution in [2.45, 2.75) is 19.8 Å². The zero-order valence-electron chi connectivity index (χ0n) is 12.8. The summed E-state index contributed by atoms with van der Waals surface area (Å²) in [4.78, 5) is 11.1. The molecule has 0 atom stereocenters. The topological polar surface area (TPSA) is 35.5 Å². The van der Waals surface area contributed by atoms with Crippen molar-refractivity contribution >= 4 is 17.6 Å². The fraction of sp³-hybridized carbons (Fsp3) is 0.211. The highest BCUT2D eigenvalue weighted by molar-refractivity contribution is 5.85. The Bertz CT molecular complexity index is 744. The maximum absolute atomic E-state index is 11.1. The first-order valence-corrected chi connectivity index (χ1v) is 7.32. The standard InChI is InChI=1S/C19H18O3/c1-13(20)22-19-5-3-4-14(12-19)15-6-7-17-11-18(21-2)9-8-16(17)10-15/h3-5,8-12H,6-7H2,1-2H3. The second kappa shape index (κ2) is 6.06. The first kappa shape index (κ1) is 14.4. The summed E-state index contributed by atoms with van der Waals surface area (Å²) in [6.07, 6.45) is 4.14. The molecule has 1 aliphatic carbocycles. The maximum Gasteiger partial charge on any atom is 0.308 e. The van der Waals surface area contributed by atoms with E-state index in [1.165, 1.54) is 23.6 Å². The summed E-state index contributed by atoms with van der Waals surface area (Å²) in [5.74, 6) is 1.19. The van der Waals surface area contributed by atoms with Crippen molar-refractivity contribution in [3.8, 4) is 11.5 Å². The molecule has 3 nitrogen and oxygen atoms in total. The van der Waals surface area contributed by atoms with Gasteiger partial charge in [0.1, 0.15) is 11.5 Å². The van der Waals surface area contributed by atoms with Crippen LogP contribution in [0.2, 0.25) is 0 Å². The van der Waals surface area contributed by atoms with Crippen LogP contribution in [0, 0.1) is 0 Å². The highest BCUT2D eigenvalue weighted by atomic mass is 16.5. The normalized spacial score (nSPS) is 13.1. The Morgan fingerprint density at radius 1 is 1.05 bits per heavy atom. The van der Waals surface area contributed by atoms with Gasteiger partial charge < -0.3 is 9.47 Å². The molecule has 0 heterocycles. The zero-order chi connectivity index (χ0) is 15.5. The zero-order valence-corrected chi connectivity index (χ0v) is 12.8. The molecule has 22 heavy (non-hydrogen) atoms. The summed E-state index contributed by atoms with van der Waals surface area (Å²) < 4.78 is 10.4. The van der Waals surface area contributed by atoms with Crippen molar-refractivity contribution in [1.29, 1.82) is 0 Å². The van der Waals surface area contributed by atoms with Gasteiger partial charge in [0.05, 0.1) is 7.11 Å². The molecule has 0 amide bonds. The van der Waals surface area contributed by atoms with Crippen LogP contribution in [0.4, 0.5) is 0 Å². The molecule has 0 spiro atoms. The minimum Gasteiger partial charge on any atom is -0.497 e. The molecule has 2 aromatic rings. The molecule has 0 aromatic heterocycles. The average molecular weight is 294 g/mol. The predicted molar refractivity (Wildman–Crippen MR) is 86.9 cm³/mol. The van der Waals surface area contributed by atoms with Crippen molar-refractivity contribution in [3.63, 3.8) is 0 Å². The van der Waals surface area contributed by atoms with E-state index in [1.54, 1.807) is 13.2 Å². The molecule has 0 fully saturated rings. The Morgan fingerprint density at radius 3 is 2.68 bits per heavy atom. The Balaban J connectivity index is 1.92. The number of carbonyl (C=O) groups is 1. The van der Waals surface area contributed by atoms with Crippen LogP contribution in [0.3, 0.4) is 0 Å². The van der Waals surface area contributed by atoms with Crippen molar-refractivity contribution in [1.82, 2.24) is 0 Å². The minimum absolute atomic E-state index is 0.299. The lowest BCUT2D eigenvalue weighted by Gasteiger charge is -2.18. The number of hydrogen-bond acceptors (Lipinski definition) is 3. The van der Waals surface area contributed by atoms with E-state index < -0.39 is 0 Å². The SMILES string of the molecule is COc1ccc2c(c1)CCC(c1cccc(OC(C)=O)c1)=C2. The quantitative estimate of drug-likeness (QED) is 0.631. The monoisotopic (exact) mass is 294 g/mol. The third kappa shape index (κ3) is 3.03. The van der Waals surface area contributed by atoms with Crippen LogP contribution >= 0.6 is 0 Å². The first-order chi connectivity index (χ1) is 10.7. The van der Waals surface area contributed by atoms with Crippen molar-refractivity contribution in [3.05, 3.63) is 59.2 Å². The summed E-state index contributed by atoms with van der Waals surface area (Å²) in [7, 11) is 1.69. The van der Waals surface area contributed by atoms with Gasteiger partial charge in [0, 0.05) is 6.92 Å². The molecule has 0 bridgehead atoms. The molecule has 0 radical (unpaired) electrons. The Morgan fingerprint density at radius 2 is 1.91 bits per heavy atom. The number of esters is 1. The molecular formula is C19H18O3. The molecule has 3 heteroatoms. The number of aryl methyl sites for hydroxylation is 1.